The lowest BCUT2D eigenvalue weighted by Crippen LogP contribution is -2.73. The van der Waals surface area contributed by atoms with Gasteiger partial charge in [-0.05, 0) is 11.1 Å². The largest absolute Gasteiger partial charge is 0.394 e. The normalized spacial score (nSPS) is 31.2. The molecular formula is C23H28O7. The fraction of sp³-hybridized carbons (Fsp3) is 0.478. The van der Waals surface area contributed by atoms with Gasteiger partial charge in [0, 0.05) is 7.11 Å². The zero-order chi connectivity index (χ0) is 21.0. The molecule has 7 nitrogen and oxygen atoms in total. The minimum atomic E-state index is -0.991. The first kappa shape index (κ1) is 21.4. The average molecular weight is 416 g/mol. The Balaban J connectivity index is 1.56. The predicted molar refractivity (Wildman–Crippen MR) is 107 cm³/mol. The molecule has 2 N–H and O–H groups in total. The second-order valence-corrected chi connectivity index (χ2v) is 7.53. The molecule has 7 heteroatoms. The van der Waals surface area contributed by atoms with Crippen LogP contribution in [-0.4, -0.2) is 66.8 Å². The molecule has 2 aromatic rings. The molecule has 2 aliphatic rings. The summed E-state index contributed by atoms with van der Waals surface area (Å²) >= 11 is 0. The Kier molecular flexibility index (Phi) is 6.80. The van der Waals surface area contributed by atoms with E-state index in [1.54, 1.807) is 0 Å². The van der Waals surface area contributed by atoms with E-state index in [1.807, 2.05) is 60.7 Å². The van der Waals surface area contributed by atoms with Crippen molar-refractivity contribution in [3.63, 3.8) is 0 Å². The van der Waals surface area contributed by atoms with E-state index in [0.29, 0.717) is 13.2 Å². The number of hydrogen-bond acceptors (Lipinski definition) is 7. The van der Waals surface area contributed by atoms with Gasteiger partial charge < -0.3 is 33.9 Å². The summed E-state index contributed by atoms with van der Waals surface area (Å²) in [5.74, 6) is 0. The molecule has 162 valence electrons. The van der Waals surface area contributed by atoms with Gasteiger partial charge in [0.15, 0.2) is 11.9 Å². The lowest BCUT2D eigenvalue weighted by Gasteiger charge is -2.53. The van der Waals surface area contributed by atoms with E-state index < -0.39 is 36.3 Å². The lowest BCUT2D eigenvalue weighted by atomic mass is 9.78. The highest BCUT2D eigenvalue weighted by Gasteiger charge is 2.72. The van der Waals surface area contributed by atoms with Crippen LogP contribution in [0.25, 0.3) is 0 Å². The van der Waals surface area contributed by atoms with Gasteiger partial charge in [-0.1, -0.05) is 60.7 Å². The summed E-state index contributed by atoms with van der Waals surface area (Å²) < 4.78 is 29.8. The lowest BCUT2D eigenvalue weighted by molar-refractivity contribution is -0.331. The molecule has 2 fully saturated rings. The number of ether oxygens (including phenoxy) is 5. The van der Waals surface area contributed by atoms with E-state index >= 15 is 0 Å². The first-order chi connectivity index (χ1) is 14.7. The molecule has 0 aliphatic carbocycles. The summed E-state index contributed by atoms with van der Waals surface area (Å²) in [7, 11) is 1.53. The van der Waals surface area contributed by atoms with Crippen molar-refractivity contribution in [2.45, 2.75) is 49.5 Å². The molecule has 30 heavy (non-hydrogen) atoms. The highest BCUT2D eigenvalue weighted by atomic mass is 16.8. The Morgan fingerprint density at radius 1 is 0.933 bits per heavy atom. The van der Waals surface area contributed by atoms with Crippen molar-refractivity contribution < 1.29 is 33.9 Å². The van der Waals surface area contributed by atoms with Crippen LogP contribution in [0.5, 0.6) is 0 Å². The first-order valence-corrected chi connectivity index (χ1v) is 10.1. The highest BCUT2D eigenvalue weighted by Crippen LogP contribution is 2.50. The van der Waals surface area contributed by atoms with Gasteiger partial charge in [-0.15, -0.1) is 0 Å². The molecule has 0 amide bonds. The van der Waals surface area contributed by atoms with Gasteiger partial charge in [0.2, 0.25) is 0 Å². The van der Waals surface area contributed by atoms with Crippen molar-refractivity contribution in [3.8, 4) is 0 Å². The van der Waals surface area contributed by atoms with Crippen molar-refractivity contribution in [1.29, 1.82) is 0 Å². The number of aliphatic hydroxyl groups excluding tert-OH is 2. The summed E-state index contributed by atoms with van der Waals surface area (Å²) in [5.41, 5.74) is 0.978. The van der Waals surface area contributed by atoms with Gasteiger partial charge in [0.25, 0.3) is 0 Å². The van der Waals surface area contributed by atoms with Crippen molar-refractivity contribution in [1.82, 2.24) is 0 Å². The second-order valence-electron chi connectivity index (χ2n) is 7.53. The van der Waals surface area contributed by atoms with Gasteiger partial charge in [-0.25, -0.2) is 0 Å². The van der Waals surface area contributed by atoms with Crippen LogP contribution in [0.1, 0.15) is 11.1 Å². The maximum Gasteiger partial charge on any atom is 0.187 e. The molecule has 0 spiro atoms. The third-order valence-corrected chi connectivity index (χ3v) is 5.79. The maximum atomic E-state index is 10.1. The molecule has 2 heterocycles. The fourth-order valence-electron chi connectivity index (χ4n) is 4.24. The van der Waals surface area contributed by atoms with Crippen LogP contribution in [0.2, 0.25) is 0 Å². The number of benzene rings is 2. The van der Waals surface area contributed by atoms with E-state index in [-0.39, 0.29) is 13.2 Å². The summed E-state index contributed by atoms with van der Waals surface area (Å²) in [5, 5.41) is 20.0. The average Bonchev–Trinajstić information content (AvgIpc) is 3.03. The van der Waals surface area contributed by atoms with Gasteiger partial charge in [-0.3, -0.25) is 0 Å². The van der Waals surface area contributed by atoms with Crippen LogP contribution < -0.4 is 0 Å². The molecule has 0 saturated carbocycles. The molecule has 0 radical (unpaired) electrons. The maximum absolute atomic E-state index is 10.1. The van der Waals surface area contributed by atoms with E-state index in [4.69, 9.17) is 23.7 Å². The van der Waals surface area contributed by atoms with Crippen LogP contribution in [0, 0.1) is 0 Å². The Hall–Kier alpha value is -1.84. The zero-order valence-corrected chi connectivity index (χ0v) is 16.9. The number of fused-ring (bicyclic) bond motifs is 1. The van der Waals surface area contributed by atoms with E-state index in [2.05, 4.69) is 0 Å². The fourth-order valence-corrected chi connectivity index (χ4v) is 4.24. The third-order valence-electron chi connectivity index (χ3n) is 5.79. The summed E-state index contributed by atoms with van der Waals surface area (Å²) in [6.45, 7) is 0.117. The summed E-state index contributed by atoms with van der Waals surface area (Å²) in [6.07, 6.45) is -3.16. The van der Waals surface area contributed by atoms with E-state index in [1.165, 1.54) is 7.11 Å². The minimum absolute atomic E-state index is 0.238. The highest BCUT2D eigenvalue weighted by molar-refractivity contribution is 5.20. The molecule has 2 saturated heterocycles. The molecule has 0 bridgehead atoms. The van der Waals surface area contributed by atoms with Crippen LogP contribution in [0.15, 0.2) is 60.7 Å². The van der Waals surface area contributed by atoms with E-state index in [0.717, 1.165) is 11.1 Å². The number of aliphatic hydroxyl groups is 2. The van der Waals surface area contributed by atoms with Crippen molar-refractivity contribution in [3.05, 3.63) is 71.8 Å². The second kappa shape index (κ2) is 9.53. The molecule has 0 aromatic heterocycles. The standard InChI is InChI=1S/C23H28O7/c1-26-22-21-23(19(13-25)29-21,28-15-17-10-6-3-7-11-17)20(30-22)18(12-24)27-14-16-8-4-2-5-9-16/h2-11,18-22,24-25H,12-15H2,1H3/t18-,19-,20-,21-,22-,23-/m1/s1. The predicted octanol–water partition coefficient (Wildman–Crippen LogP) is 1.65. The molecule has 2 aromatic carbocycles. The Morgan fingerprint density at radius 3 is 2.13 bits per heavy atom. The topological polar surface area (TPSA) is 86.6 Å². The number of methoxy groups -OCH3 is 1. The van der Waals surface area contributed by atoms with Crippen LogP contribution >= 0.6 is 0 Å². The van der Waals surface area contributed by atoms with Crippen molar-refractivity contribution >= 4 is 0 Å². The van der Waals surface area contributed by atoms with Crippen molar-refractivity contribution in [2.24, 2.45) is 0 Å². The summed E-state index contributed by atoms with van der Waals surface area (Å²) in [4.78, 5) is 0. The molecule has 4 rings (SSSR count). The Labute approximate surface area is 176 Å². The van der Waals surface area contributed by atoms with Gasteiger partial charge in [0.1, 0.15) is 24.4 Å². The molecular weight excluding hydrogens is 388 g/mol. The molecule has 2 aliphatic heterocycles. The van der Waals surface area contributed by atoms with Crippen LogP contribution in [0.3, 0.4) is 0 Å². The third kappa shape index (κ3) is 3.90. The summed E-state index contributed by atoms with van der Waals surface area (Å²) in [6, 6.07) is 19.5. The van der Waals surface area contributed by atoms with Gasteiger partial charge >= 0.3 is 0 Å². The monoisotopic (exact) mass is 416 g/mol. The van der Waals surface area contributed by atoms with Gasteiger partial charge in [-0.2, -0.15) is 0 Å². The number of rotatable bonds is 10. The Morgan fingerprint density at radius 2 is 1.57 bits per heavy atom. The first-order valence-electron chi connectivity index (χ1n) is 10.1. The molecule has 0 unspecified atom stereocenters. The van der Waals surface area contributed by atoms with Crippen molar-refractivity contribution in [2.75, 3.05) is 20.3 Å². The Bertz CT molecular complexity index is 787. The minimum Gasteiger partial charge on any atom is -0.394 e. The SMILES string of the molecule is CO[C@@H]1O[C@H]([C@@H](CO)OCc2ccccc2)[C@@]2(OCc3ccccc3)[C@@H]1O[C@@H]2CO. The van der Waals surface area contributed by atoms with E-state index in [9.17, 15) is 10.2 Å². The zero-order valence-electron chi connectivity index (χ0n) is 16.9. The van der Waals surface area contributed by atoms with Gasteiger partial charge in [0.05, 0.1) is 26.4 Å². The van der Waals surface area contributed by atoms with Crippen LogP contribution in [-0.2, 0) is 36.9 Å². The smallest absolute Gasteiger partial charge is 0.187 e. The quantitative estimate of drug-likeness (QED) is 0.609. The van der Waals surface area contributed by atoms with Crippen LogP contribution in [0.4, 0.5) is 0 Å². The molecule has 6 atom stereocenters. The number of hydrogen-bond donors (Lipinski definition) is 2.